The highest BCUT2D eigenvalue weighted by atomic mass is 16.7. The molecular weight excluding hydrogens is 248 g/mol. The van der Waals surface area contributed by atoms with Gasteiger partial charge in [0.15, 0.2) is 6.29 Å². The van der Waals surface area contributed by atoms with Gasteiger partial charge in [-0.2, -0.15) is 0 Å². The highest BCUT2D eigenvalue weighted by molar-refractivity contribution is 5.71. The van der Waals surface area contributed by atoms with Crippen molar-refractivity contribution < 1.29 is 24.1 Å². The van der Waals surface area contributed by atoms with Crippen LogP contribution in [0.3, 0.4) is 0 Å². The van der Waals surface area contributed by atoms with E-state index in [9.17, 15) is 4.79 Å². The second kappa shape index (κ2) is 6.04. The lowest BCUT2D eigenvalue weighted by Gasteiger charge is -2.28. The summed E-state index contributed by atoms with van der Waals surface area (Å²) in [5, 5.41) is 8.83. The van der Waals surface area contributed by atoms with Crippen LogP contribution in [-0.4, -0.2) is 30.9 Å². The van der Waals surface area contributed by atoms with E-state index in [2.05, 4.69) is 0 Å². The molecule has 1 aromatic carbocycles. The van der Waals surface area contributed by atoms with Crippen molar-refractivity contribution in [3.8, 4) is 5.75 Å². The second-order valence-electron chi connectivity index (χ2n) is 4.58. The molecule has 5 heteroatoms. The quantitative estimate of drug-likeness (QED) is 0.904. The highest BCUT2D eigenvalue weighted by Crippen LogP contribution is 2.30. The summed E-state index contributed by atoms with van der Waals surface area (Å²) in [7, 11) is 1.52. The van der Waals surface area contributed by atoms with Crippen molar-refractivity contribution in [3.63, 3.8) is 0 Å². The summed E-state index contributed by atoms with van der Waals surface area (Å²) in [5.41, 5.74) is 1.49. The number of ether oxygens (including phenoxy) is 3. The molecule has 2 rings (SSSR count). The summed E-state index contributed by atoms with van der Waals surface area (Å²) in [6.45, 7) is 2.66. The van der Waals surface area contributed by atoms with Crippen LogP contribution < -0.4 is 4.74 Å². The van der Waals surface area contributed by atoms with Gasteiger partial charge < -0.3 is 19.3 Å². The zero-order valence-corrected chi connectivity index (χ0v) is 11.1. The van der Waals surface area contributed by atoms with Crippen molar-refractivity contribution in [2.75, 3.05) is 13.7 Å². The molecule has 0 spiro atoms. The lowest BCUT2D eigenvalue weighted by molar-refractivity contribution is -0.212. The average Bonchev–Trinajstić information content (AvgIpc) is 2.38. The van der Waals surface area contributed by atoms with Gasteiger partial charge in [-0.15, -0.1) is 0 Å². The number of benzene rings is 1. The van der Waals surface area contributed by atoms with Gasteiger partial charge >= 0.3 is 5.97 Å². The summed E-state index contributed by atoms with van der Waals surface area (Å²) < 4.78 is 16.5. The van der Waals surface area contributed by atoms with E-state index >= 15 is 0 Å². The Labute approximate surface area is 112 Å². The zero-order chi connectivity index (χ0) is 13.8. The fourth-order valence-corrected chi connectivity index (χ4v) is 2.05. The molecular formula is C14H18O5. The van der Waals surface area contributed by atoms with Crippen LogP contribution in [0.2, 0.25) is 0 Å². The average molecular weight is 266 g/mol. The van der Waals surface area contributed by atoms with Gasteiger partial charge in [-0.25, -0.2) is 0 Å². The van der Waals surface area contributed by atoms with Gasteiger partial charge in [-0.1, -0.05) is 12.1 Å². The molecule has 1 fully saturated rings. The van der Waals surface area contributed by atoms with Gasteiger partial charge in [0.1, 0.15) is 5.75 Å². The molecule has 104 valence electrons. The molecule has 1 aromatic rings. The van der Waals surface area contributed by atoms with Crippen molar-refractivity contribution >= 4 is 5.97 Å². The predicted octanol–water partition coefficient (Wildman–Crippen LogP) is 2.15. The van der Waals surface area contributed by atoms with Gasteiger partial charge in [0, 0.05) is 11.1 Å². The van der Waals surface area contributed by atoms with E-state index in [4.69, 9.17) is 19.3 Å². The van der Waals surface area contributed by atoms with Gasteiger partial charge in [0.2, 0.25) is 0 Å². The predicted molar refractivity (Wildman–Crippen MR) is 68.2 cm³/mol. The number of hydrogen-bond donors (Lipinski definition) is 1. The normalized spacial score (nSPS) is 23.1. The molecule has 0 bridgehead atoms. The van der Waals surface area contributed by atoms with Crippen molar-refractivity contribution in [2.24, 2.45) is 0 Å². The van der Waals surface area contributed by atoms with Crippen LogP contribution in [0.5, 0.6) is 5.75 Å². The Morgan fingerprint density at radius 3 is 2.95 bits per heavy atom. The third kappa shape index (κ3) is 3.45. The van der Waals surface area contributed by atoms with E-state index in [-0.39, 0.29) is 12.5 Å². The molecule has 2 unspecified atom stereocenters. The number of carboxylic acid groups (broad SMARTS) is 1. The molecule has 1 aliphatic rings. The smallest absolute Gasteiger partial charge is 0.307 e. The molecule has 1 saturated heterocycles. The van der Waals surface area contributed by atoms with Crippen LogP contribution in [-0.2, 0) is 20.7 Å². The largest absolute Gasteiger partial charge is 0.496 e. The van der Waals surface area contributed by atoms with Gasteiger partial charge in [0.25, 0.3) is 0 Å². The lowest BCUT2D eigenvalue weighted by atomic mass is 10.1. The van der Waals surface area contributed by atoms with Crippen molar-refractivity contribution in [1.29, 1.82) is 0 Å². The van der Waals surface area contributed by atoms with E-state index in [0.717, 1.165) is 12.0 Å². The molecule has 0 aliphatic carbocycles. The topological polar surface area (TPSA) is 65.0 Å². The van der Waals surface area contributed by atoms with Gasteiger partial charge in [0.05, 0.1) is 26.2 Å². The van der Waals surface area contributed by atoms with E-state index < -0.39 is 12.3 Å². The number of rotatable bonds is 4. The fraction of sp³-hybridized carbons (Fsp3) is 0.500. The lowest BCUT2D eigenvalue weighted by Crippen LogP contribution is -2.24. The molecule has 0 amide bonds. The maximum absolute atomic E-state index is 10.8. The number of methoxy groups -OCH3 is 1. The summed E-state index contributed by atoms with van der Waals surface area (Å²) in [6.07, 6.45) is 0.566. The van der Waals surface area contributed by atoms with E-state index in [1.807, 2.05) is 13.0 Å². The molecule has 1 aliphatic heterocycles. The van der Waals surface area contributed by atoms with E-state index in [0.29, 0.717) is 17.9 Å². The number of hydrogen-bond acceptors (Lipinski definition) is 4. The zero-order valence-electron chi connectivity index (χ0n) is 11.1. The number of carbonyl (C=O) groups is 1. The third-order valence-corrected chi connectivity index (χ3v) is 3.07. The second-order valence-corrected chi connectivity index (χ2v) is 4.58. The Balaban J connectivity index is 2.20. The third-order valence-electron chi connectivity index (χ3n) is 3.07. The molecule has 19 heavy (non-hydrogen) atoms. The van der Waals surface area contributed by atoms with Crippen LogP contribution in [0.15, 0.2) is 18.2 Å². The van der Waals surface area contributed by atoms with Crippen molar-refractivity contribution in [3.05, 3.63) is 29.3 Å². The summed E-state index contributed by atoms with van der Waals surface area (Å²) >= 11 is 0. The van der Waals surface area contributed by atoms with E-state index in [1.165, 1.54) is 7.11 Å². The monoisotopic (exact) mass is 266 g/mol. The Kier molecular flexibility index (Phi) is 4.39. The Bertz CT molecular complexity index is 457. The van der Waals surface area contributed by atoms with Gasteiger partial charge in [-0.05, 0) is 19.4 Å². The minimum absolute atomic E-state index is 0.0633. The summed E-state index contributed by atoms with van der Waals surface area (Å²) in [4.78, 5) is 10.8. The number of carboxylic acids is 1. The molecule has 0 saturated carbocycles. The van der Waals surface area contributed by atoms with Crippen LogP contribution >= 0.6 is 0 Å². The molecule has 0 radical (unpaired) electrons. The molecule has 1 heterocycles. The fourth-order valence-electron chi connectivity index (χ4n) is 2.05. The minimum Gasteiger partial charge on any atom is -0.496 e. The first-order chi connectivity index (χ1) is 9.10. The van der Waals surface area contributed by atoms with Crippen LogP contribution in [0.1, 0.15) is 30.8 Å². The highest BCUT2D eigenvalue weighted by Gasteiger charge is 2.22. The SMILES string of the molecule is COc1cc(C2OCCC(C)O2)ccc1CC(=O)O. The first-order valence-electron chi connectivity index (χ1n) is 6.26. The minimum atomic E-state index is -0.884. The molecule has 1 N–H and O–H groups in total. The molecule has 2 atom stereocenters. The van der Waals surface area contributed by atoms with Crippen molar-refractivity contribution in [2.45, 2.75) is 32.2 Å². The number of aliphatic carboxylic acids is 1. The first kappa shape index (κ1) is 13.8. The standard InChI is InChI=1S/C14H18O5/c1-9-5-6-18-14(19-9)11-4-3-10(8-13(15)16)12(7-11)17-2/h3-4,7,9,14H,5-6,8H2,1-2H3,(H,15,16). The maximum Gasteiger partial charge on any atom is 0.307 e. The van der Waals surface area contributed by atoms with E-state index in [1.54, 1.807) is 12.1 Å². The van der Waals surface area contributed by atoms with Gasteiger partial charge in [-0.3, -0.25) is 4.79 Å². The van der Waals surface area contributed by atoms with Crippen molar-refractivity contribution in [1.82, 2.24) is 0 Å². The van der Waals surface area contributed by atoms with Crippen LogP contribution in [0, 0.1) is 0 Å². The molecule has 5 nitrogen and oxygen atoms in total. The first-order valence-corrected chi connectivity index (χ1v) is 6.26. The summed E-state index contributed by atoms with van der Waals surface area (Å²) in [5.74, 6) is -0.338. The maximum atomic E-state index is 10.8. The Morgan fingerprint density at radius 2 is 2.32 bits per heavy atom. The Morgan fingerprint density at radius 1 is 1.53 bits per heavy atom. The van der Waals surface area contributed by atoms with Crippen LogP contribution in [0.25, 0.3) is 0 Å². The summed E-state index contributed by atoms with van der Waals surface area (Å²) in [6, 6.07) is 5.35. The molecule has 0 aromatic heterocycles. The Hall–Kier alpha value is -1.59. The van der Waals surface area contributed by atoms with Crippen LogP contribution in [0.4, 0.5) is 0 Å².